The van der Waals surface area contributed by atoms with Crippen LogP contribution in [0.15, 0.2) is 78.9 Å². The van der Waals surface area contributed by atoms with Gasteiger partial charge in [0.1, 0.15) is 0 Å². The predicted molar refractivity (Wildman–Crippen MR) is 199 cm³/mol. The quantitative estimate of drug-likeness (QED) is 0.137. The molecule has 6 rings (SSSR count). The minimum Gasteiger partial charge on any atom is -0.392 e. The van der Waals surface area contributed by atoms with Crippen molar-refractivity contribution in [2.45, 2.75) is 87.9 Å². The average Bonchev–Trinajstić information content (AvgIpc) is 2.96. The number of aliphatic hydroxyl groups is 2. The molecule has 0 fully saturated rings. The zero-order valence-corrected chi connectivity index (χ0v) is 32.4. The van der Waals surface area contributed by atoms with Crippen LogP contribution in [0.1, 0.15) is 70.2 Å². The summed E-state index contributed by atoms with van der Waals surface area (Å²) in [5.74, 6) is 0. The van der Waals surface area contributed by atoms with Gasteiger partial charge in [-0.3, -0.25) is 9.97 Å². The van der Waals surface area contributed by atoms with E-state index in [1.807, 2.05) is 41.5 Å². The first-order valence-corrected chi connectivity index (χ1v) is 16.6. The van der Waals surface area contributed by atoms with Gasteiger partial charge in [0.05, 0.1) is 28.9 Å². The van der Waals surface area contributed by atoms with E-state index in [9.17, 15) is 10.2 Å². The van der Waals surface area contributed by atoms with E-state index in [2.05, 4.69) is 113 Å². The average molecular weight is 818 g/mol. The zero-order chi connectivity index (χ0) is 34.3. The van der Waals surface area contributed by atoms with E-state index in [1.54, 1.807) is 0 Å². The Kier molecular flexibility index (Phi) is 11.3. The molecule has 5 heteroatoms. The first-order valence-electron chi connectivity index (χ1n) is 16.6. The third-order valence-electron chi connectivity index (χ3n) is 8.83. The van der Waals surface area contributed by atoms with Gasteiger partial charge in [0.2, 0.25) is 0 Å². The SMILES string of the molecule is CC(C)(C)C(O)CC(O)C(C)(C)C.Cc1[c-]c(-c2nc3cc4cc5ccccc5cc4cc3nc2-c2cc(C)cc(C)c2)cc(C)c1.[Ir]. The fourth-order valence-electron chi connectivity index (χ4n) is 5.94. The van der Waals surface area contributed by atoms with Gasteiger partial charge in [-0.2, -0.15) is 0 Å². The van der Waals surface area contributed by atoms with Crippen LogP contribution < -0.4 is 0 Å². The van der Waals surface area contributed by atoms with Crippen LogP contribution in [-0.4, -0.2) is 32.4 Å². The van der Waals surface area contributed by atoms with E-state index in [4.69, 9.17) is 9.97 Å². The minimum absolute atomic E-state index is 0. The number of nitrogens with zero attached hydrogens (tertiary/aromatic N) is 2. The predicted octanol–water partition coefficient (Wildman–Crippen LogP) is 10.5. The number of hydrogen-bond donors (Lipinski definition) is 2. The maximum Gasteiger partial charge on any atom is 0.0881 e. The van der Waals surface area contributed by atoms with Crippen molar-refractivity contribution in [1.82, 2.24) is 9.97 Å². The van der Waals surface area contributed by atoms with Crippen molar-refractivity contribution in [3.63, 3.8) is 0 Å². The van der Waals surface area contributed by atoms with Crippen molar-refractivity contribution in [3.05, 3.63) is 107 Å². The van der Waals surface area contributed by atoms with Crippen LogP contribution in [0.4, 0.5) is 0 Å². The second-order valence-corrected chi connectivity index (χ2v) is 15.4. The standard InChI is InChI=1S/C32H25N2.C11H24O2.Ir/c1-19-9-20(2)12-27(11-19)31-32(28-13-21(3)10-22(4)14-28)34-30-18-26-16-24-8-6-5-7-23(24)15-25(26)17-29(30)33-31;1-10(2,3)8(12)7-9(13)11(4,5)6;/h5-13,15-18H,1-4H3;8-9,12-13H,7H2,1-6H3;/q-1;;. The van der Waals surface area contributed by atoms with Crippen molar-refractivity contribution in [2.75, 3.05) is 0 Å². The van der Waals surface area contributed by atoms with Crippen molar-refractivity contribution in [3.8, 4) is 22.5 Å². The maximum absolute atomic E-state index is 9.76. The molecule has 0 bridgehead atoms. The number of hydrogen-bond acceptors (Lipinski definition) is 4. The number of rotatable bonds is 4. The fraction of sp³-hybridized carbons (Fsp3) is 0.349. The van der Waals surface area contributed by atoms with Crippen LogP contribution in [0, 0.1) is 44.6 Å². The van der Waals surface area contributed by atoms with Gasteiger partial charge in [-0.15, -0.1) is 34.9 Å². The molecule has 2 N–H and O–H groups in total. The Morgan fingerprint density at radius 1 is 0.583 bits per heavy atom. The Morgan fingerprint density at radius 3 is 1.50 bits per heavy atom. The van der Waals surface area contributed by atoms with Crippen LogP contribution in [0.3, 0.4) is 0 Å². The Bertz CT molecular complexity index is 1880. The van der Waals surface area contributed by atoms with E-state index in [0.717, 1.165) is 39.1 Å². The largest absolute Gasteiger partial charge is 0.392 e. The second kappa shape index (κ2) is 14.6. The monoisotopic (exact) mass is 818 g/mol. The topological polar surface area (TPSA) is 66.2 Å². The maximum atomic E-state index is 9.76. The molecule has 5 aromatic carbocycles. The van der Waals surface area contributed by atoms with Crippen LogP contribution in [0.25, 0.3) is 55.1 Å². The Balaban J connectivity index is 0.000000319. The molecule has 1 radical (unpaired) electrons. The number of aromatic nitrogens is 2. The van der Waals surface area contributed by atoms with Crippen molar-refractivity contribution in [2.24, 2.45) is 10.8 Å². The Morgan fingerprint density at radius 2 is 1.04 bits per heavy atom. The van der Waals surface area contributed by atoms with E-state index >= 15 is 0 Å². The number of aliphatic hydroxyl groups excluding tert-OH is 2. The molecule has 0 aliphatic heterocycles. The van der Waals surface area contributed by atoms with Crippen LogP contribution in [0.2, 0.25) is 0 Å². The molecular weight excluding hydrogens is 769 g/mol. The molecule has 1 heterocycles. The summed E-state index contributed by atoms with van der Waals surface area (Å²) in [6.45, 7) is 20.3. The Labute approximate surface area is 300 Å². The summed E-state index contributed by atoms with van der Waals surface area (Å²) in [5, 5.41) is 24.3. The van der Waals surface area contributed by atoms with Gasteiger partial charge in [-0.1, -0.05) is 109 Å². The zero-order valence-electron chi connectivity index (χ0n) is 30.0. The molecule has 0 saturated carbocycles. The molecule has 0 amide bonds. The number of fused-ring (bicyclic) bond motifs is 3. The van der Waals surface area contributed by atoms with E-state index in [-0.39, 0.29) is 30.9 Å². The van der Waals surface area contributed by atoms with E-state index < -0.39 is 12.2 Å². The molecule has 0 aliphatic rings. The summed E-state index contributed by atoms with van der Waals surface area (Å²) < 4.78 is 0. The molecule has 0 aliphatic carbocycles. The van der Waals surface area contributed by atoms with Crippen molar-refractivity contribution in [1.29, 1.82) is 0 Å². The fourth-order valence-corrected chi connectivity index (χ4v) is 5.94. The van der Waals surface area contributed by atoms with Crippen LogP contribution in [0.5, 0.6) is 0 Å². The molecule has 2 unspecified atom stereocenters. The summed E-state index contributed by atoms with van der Waals surface area (Å²) in [5.41, 5.74) is 10.1. The van der Waals surface area contributed by atoms with Gasteiger partial charge in [-0.05, 0) is 76.1 Å². The van der Waals surface area contributed by atoms with Gasteiger partial charge < -0.3 is 10.2 Å². The summed E-state index contributed by atoms with van der Waals surface area (Å²) in [4.78, 5) is 10.4. The molecule has 0 spiro atoms. The smallest absolute Gasteiger partial charge is 0.0881 e. The third kappa shape index (κ3) is 8.76. The normalized spacial score (nSPS) is 13.2. The molecule has 1 aromatic heterocycles. The first kappa shape index (κ1) is 37.3. The van der Waals surface area contributed by atoms with Crippen LogP contribution >= 0.6 is 0 Å². The molecule has 2 atom stereocenters. The molecule has 0 saturated heterocycles. The molecular formula is C43H49IrN2O2-. The van der Waals surface area contributed by atoms with Gasteiger partial charge in [0, 0.05) is 32.2 Å². The van der Waals surface area contributed by atoms with Gasteiger partial charge in [0.25, 0.3) is 0 Å². The molecule has 6 aromatic rings. The van der Waals surface area contributed by atoms with E-state index in [0.29, 0.717) is 6.42 Å². The van der Waals surface area contributed by atoms with Crippen molar-refractivity contribution < 1.29 is 30.3 Å². The first-order chi connectivity index (χ1) is 22.0. The molecule has 48 heavy (non-hydrogen) atoms. The summed E-state index contributed by atoms with van der Waals surface area (Å²) in [6, 6.07) is 31.7. The molecule has 4 nitrogen and oxygen atoms in total. The van der Waals surface area contributed by atoms with Crippen molar-refractivity contribution >= 4 is 32.6 Å². The number of benzene rings is 5. The second-order valence-electron chi connectivity index (χ2n) is 15.4. The summed E-state index contributed by atoms with van der Waals surface area (Å²) in [6.07, 6.45) is -0.434. The van der Waals surface area contributed by atoms with Gasteiger partial charge in [0.15, 0.2) is 0 Å². The third-order valence-corrected chi connectivity index (χ3v) is 8.83. The summed E-state index contributed by atoms with van der Waals surface area (Å²) >= 11 is 0. The molecule has 253 valence electrons. The Hall–Kier alpha value is -3.47. The number of aryl methyl sites for hydroxylation is 4. The van der Waals surface area contributed by atoms with E-state index in [1.165, 1.54) is 38.2 Å². The van der Waals surface area contributed by atoms with Crippen LogP contribution in [-0.2, 0) is 20.1 Å². The summed E-state index contributed by atoms with van der Waals surface area (Å²) in [7, 11) is 0. The van der Waals surface area contributed by atoms with Gasteiger partial charge in [-0.25, -0.2) is 0 Å². The minimum atomic E-state index is -0.443. The van der Waals surface area contributed by atoms with Gasteiger partial charge >= 0.3 is 0 Å².